The first-order valence-corrected chi connectivity index (χ1v) is 8.65. The van der Waals surface area contributed by atoms with Crippen molar-refractivity contribution in [3.63, 3.8) is 0 Å². The van der Waals surface area contributed by atoms with Gasteiger partial charge in [-0.3, -0.25) is 4.79 Å². The Morgan fingerprint density at radius 2 is 2.08 bits per heavy atom. The van der Waals surface area contributed by atoms with Gasteiger partial charge in [-0.1, -0.05) is 18.2 Å². The molecule has 0 atom stereocenters. The van der Waals surface area contributed by atoms with Crippen LogP contribution in [0, 0.1) is 0 Å². The van der Waals surface area contributed by atoms with E-state index in [0.29, 0.717) is 18.1 Å². The zero-order valence-corrected chi connectivity index (χ0v) is 14.9. The number of nitrogens with zero attached hydrogens (tertiary/aromatic N) is 1. The van der Waals surface area contributed by atoms with Crippen LogP contribution in [0.1, 0.15) is 18.4 Å². The zero-order chi connectivity index (χ0) is 17.6. The normalized spacial score (nSPS) is 13.6. The van der Waals surface area contributed by atoms with Gasteiger partial charge in [-0.2, -0.15) is 0 Å². The highest BCUT2D eigenvalue weighted by Crippen LogP contribution is 2.24. The average Bonchev–Trinajstić information content (AvgIpc) is 3.06. The molecular formula is C19H21N3O2S. The Morgan fingerprint density at radius 1 is 1.24 bits per heavy atom. The monoisotopic (exact) mass is 355 g/mol. The van der Waals surface area contributed by atoms with Gasteiger partial charge in [0.05, 0.1) is 7.11 Å². The van der Waals surface area contributed by atoms with Crippen molar-refractivity contribution in [2.45, 2.75) is 19.4 Å². The summed E-state index contributed by atoms with van der Waals surface area (Å²) in [4.78, 5) is 13.7. The van der Waals surface area contributed by atoms with Gasteiger partial charge in [-0.15, -0.1) is 0 Å². The highest BCUT2D eigenvalue weighted by Gasteiger charge is 2.21. The number of thiocarbonyl (C=S) groups is 1. The molecule has 0 saturated carbocycles. The van der Waals surface area contributed by atoms with Crippen molar-refractivity contribution in [2.24, 2.45) is 0 Å². The molecule has 1 aliphatic heterocycles. The number of carbonyl (C=O) groups is 1. The molecule has 0 bridgehead atoms. The lowest BCUT2D eigenvalue weighted by Crippen LogP contribution is -2.28. The maximum absolute atomic E-state index is 11.9. The number of amides is 1. The van der Waals surface area contributed by atoms with Gasteiger partial charge in [0.25, 0.3) is 0 Å². The second-order valence-electron chi connectivity index (χ2n) is 5.86. The number of ether oxygens (including phenoxy) is 1. The number of methoxy groups -OCH3 is 1. The Bertz CT molecular complexity index is 779. The zero-order valence-electron chi connectivity index (χ0n) is 14.1. The molecule has 0 aromatic heterocycles. The first-order valence-electron chi connectivity index (χ1n) is 8.24. The van der Waals surface area contributed by atoms with Crippen molar-refractivity contribution in [3.05, 3.63) is 54.1 Å². The molecule has 1 heterocycles. The quantitative estimate of drug-likeness (QED) is 0.806. The van der Waals surface area contributed by atoms with Crippen LogP contribution in [-0.4, -0.2) is 24.7 Å². The highest BCUT2D eigenvalue weighted by atomic mass is 32.1. The highest BCUT2D eigenvalue weighted by molar-refractivity contribution is 7.80. The molecule has 3 rings (SSSR count). The fraction of sp³-hybridized carbons (Fsp3) is 0.263. The van der Waals surface area contributed by atoms with Gasteiger partial charge < -0.3 is 20.3 Å². The molecule has 25 heavy (non-hydrogen) atoms. The molecule has 5 nitrogen and oxygen atoms in total. The summed E-state index contributed by atoms with van der Waals surface area (Å²) in [6.07, 6.45) is 1.54. The van der Waals surface area contributed by atoms with E-state index in [1.807, 2.05) is 53.4 Å². The van der Waals surface area contributed by atoms with Crippen LogP contribution in [0.3, 0.4) is 0 Å². The Morgan fingerprint density at radius 3 is 2.84 bits per heavy atom. The molecule has 0 spiro atoms. The van der Waals surface area contributed by atoms with Gasteiger partial charge in [0, 0.05) is 30.9 Å². The van der Waals surface area contributed by atoms with Crippen molar-refractivity contribution in [3.8, 4) is 5.75 Å². The Kier molecular flexibility index (Phi) is 5.50. The van der Waals surface area contributed by atoms with Gasteiger partial charge in [-0.25, -0.2) is 0 Å². The van der Waals surface area contributed by atoms with Crippen molar-refractivity contribution in [1.29, 1.82) is 0 Å². The molecule has 6 heteroatoms. The van der Waals surface area contributed by atoms with Crippen LogP contribution in [0.15, 0.2) is 48.5 Å². The van der Waals surface area contributed by atoms with E-state index in [9.17, 15) is 4.79 Å². The fourth-order valence-corrected chi connectivity index (χ4v) is 3.00. The van der Waals surface area contributed by atoms with Crippen molar-refractivity contribution in [1.82, 2.24) is 5.32 Å². The van der Waals surface area contributed by atoms with Gasteiger partial charge in [0.2, 0.25) is 5.91 Å². The van der Waals surface area contributed by atoms with Crippen molar-refractivity contribution < 1.29 is 9.53 Å². The molecule has 0 unspecified atom stereocenters. The SMILES string of the molecule is COc1cccc(CNC(=S)Nc2cccc(N3CCCC3=O)c2)c1. The molecule has 0 aliphatic carbocycles. The van der Waals surface area contributed by atoms with E-state index in [2.05, 4.69) is 10.6 Å². The van der Waals surface area contributed by atoms with E-state index < -0.39 is 0 Å². The molecule has 2 aromatic carbocycles. The summed E-state index contributed by atoms with van der Waals surface area (Å²) >= 11 is 5.36. The lowest BCUT2D eigenvalue weighted by molar-refractivity contribution is -0.117. The number of benzene rings is 2. The predicted molar refractivity (Wildman–Crippen MR) is 104 cm³/mol. The van der Waals surface area contributed by atoms with Gasteiger partial charge >= 0.3 is 0 Å². The largest absolute Gasteiger partial charge is 0.497 e. The second-order valence-corrected chi connectivity index (χ2v) is 6.27. The van der Waals surface area contributed by atoms with Crippen molar-refractivity contribution in [2.75, 3.05) is 23.9 Å². The van der Waals surface area contributed by atoms with Crippen LogP contribution < -0.4 is 20.3 Å². The van der Waals surface area contributed by atoms with E-state index in [1.165, 1.54) is 0 Å². The number of nitrogens with one attached hydrogen (secondary N) is 2. The maximum Gasteiger partial charge on any atom is 0.227 e. The molecule has 2 aromatic rings. The summed E-state index contributed by atoms with van der Waals surface area (Å²) in [5, 5.41) is 6.89. The Labute approximate surface area is 153 Å². The number of anilines is 2. The fourth-order valence-electron chi connectivity index (χ4n) is 2.81. The van der Waals surface area contributed by atoms with Crippen molar-refractivity contribution >= 4 is 34.6 Å². The van der Waals surface area contributed by atoms with E-state index in [1.54, 1.807) is 7.11 Å². The molecule has 2 N–H and O–H groups in total. The third-order valence-corrected chi connectivity index (χ3v) is 4.32. The minimum atomic E-state index is 0.177. The summed E-state index contributed by atoms with van der Waals surface area (Å²) in [5.41, 5.74) is 2.85. The Balaban J connectivity index is 1.58. The summed E-state index contributed by atoms with van der Waals surface area (Å²) in [6.45, 7) is 1.38. The summed E-state index contributed by atoms with van der Waals surface area (Å²) in [5.74, 6) is 0.997. The number of rotatable bonds is 5. The molecule has 1 amide bonds. The maximum atomic E-state index is 11.9. The van der Waals surface area contributed by atoms with E-state index in [-0.39, 0.29) is 5.91 Å². The molecule has 130 valence electrons. The van der Waals surface area contributed by atoms with E-state index in [0.717, 1.165) is 35.7 Å². The standard InChI is InChI=1S/C19H21N3O2S/c1-24-17-8-2-5-14(11-17)13-20-19(25)21-15-6-3-7-16(12-15)22-10-4-9-18(22)23/h2-3,5-8,11-12H,4,9-10,13H2,1H3,(H2,20,21,25). The molecule has 1 aliphatic rings. The molecule has 1 saturated heterocycles. The smallest absolute Gasteiger partial charge is 0.227 e. The first-order chi connectivity index (χ1) is 12.2. The summed E-state index contributed by atoms with van der Waals surface area (Å²) < 4.78 is 5.22. The number of carbonyl (C=O) groups excluding carboxylic acids is 1. The van der Waals surface area contributed by atoms with E-state index >= 15 is 0 Å². The average molecular weight is 355 g/mol. The lowest BCUT2D eigenvalue weighted by Gasteiger charge is -2.17. The predicted octanol–water partition coefficient (Wildman–Crippen LogP) is 3.31. The third-order valence-electron chi connectivity index (χ3n) is 4.08. The van der Waals surface area contributed by atoms with Gasteiger partial charge in [-0.05, 0) is 54.5 Å². The minimum Gasteiger partial charge on any atom is -0.497 e. The molecule has 1 fully saturated rings. The van der Waals surface area contributed by atoms with Gasteiger partial charge in [0.1, 0.15) is 5.75 Å². The lowest BCUT2D eigenvalue weighted by atomic mass is 10.2. The van der Waals surface area contributed by atoms with Crippen LogP contribution in [0.4, 0.5) is 11.4 Å². The Hall–Kier alpha value is -2.60. The molecule has 0 radical (unpaired) electrons. The number of hydrogen-bond donors (Lipinski definition) is 2. The second kappa shape index (κ2) is 7.98. The summed E-state index contributed by atoms with van der Waals surface area (Å²) in [7, 11) is 1.65. The topological polar surface area (TPSA) is 53.6 Å². The summed E-state index contributed by atoms with van der Waals surface area (Å²) in [6, 6.07) is 15.6. The van der Waals surface area contributed by atoms with Gasteiger partial charge in [0.15, 0.2) is 5.11 Å². The number of hydrogen-bond acceptors (Lipinski definition) is 3. The first kappa shape index (κ1) is 17.2. The van der Waals surface area contributed by atoms with Crippen LogP contribution in [-0.2, 0) is 11.3 Å². The van der Waals surface area contributed by atoms with Crippen LogP contribution >= 0.6 is 12.2 Å². The van der Waals surface area contributed by atoms with E-state index in [4.69, 9.17) is 17.0 Å². The van der Waals surface area contributed by atoms with Crippen LogP contribution in [0.2, 0.25) is 0 Å². The van der Waals surface area contributed by atoms with Crippen LogP contribution in [0.5, 0.6) is 5.75 Å². The van der Waals surface area contributed by atoms with Crippen LogP contribution in [0.25, 0.3) is 0 Å². The minimum absolute atomic E-state index is 0.177. The third kappa shape index (κ3) is 4.48. The molecular weight excluding hydrogens is 334 g/mol.